The fourth-order valence-electron chi connectivity index (χ4n) is 4.83. The van der Waals surface area contributed by atoms with Crippen LogP contribution in [0, 0.1) is 5.92 Å². The molecule has 5 heteroatoms. The summed E-state index contributed by atoms with van der Waals surface area (Å²) in [4.78, 5) is 19.4. The third kappa shape index (κ3) is 6.08. The van der Waals surface area contributed by atoms with Crippen LogP contribution in [0.5, 0.6) is 0 Å². The number of likely N-dealkylation sites (tertiary alicyclic amines) is 1. The SMILES string of the molecule is C[C@H](c1ccccc1)N1CCCC(CN2CCN(C(=O)OCc3ccccc3)CC2)C1. The largest absolute Gasteiger partial charge is 0.445 e. The van der Waals surface area contributed by atoms with Crippen molar-refractivity contribution in [1.29, 1.82) is 0 Å². The highest BCUT2D eigenvalue weighted by molar-refractivity contribution is 5.67. The van der Waals surface area contributed by atoms with Crippen LogP contribution in [-0.4, -0.2) is 66.6 Å². The maximum absolute atomic E-state index is 12.4. The van der Waals surface area contributed by atoms with Gasteiger partial charge in [-0.3, -0.25) is 9.80 Å². The molecule has 5 nitrogen and oxygen atoms in total. The average molecular weight is 422 g/mol. The number of ether oxygens (including phenoxy) is 1. The third-order valence-electron chi connectivity index (χ3n) is 6.73. The fraction of sp³-hybridized carbons (Fsp3) is 0.500. The van der Waals surface area contributed by atoms with Crippen molar-refractivity contribution in [2.24, 2.45) is 5.92 Å². The lowest BCUT2D eigenvalue weighted by Crippen LogP contribution is -2.51. The second-order valence-corrected chi connectivity index (χ2v) is 8.92. The maximum atomic E-state index is 12.4. The van der Waals surface area contributed by atoms with E-state index in [-0.39, 0.29) is 6.09 Å². The van der Waals surface area contributed by atoms with Gasteiger partial charge in [-0.05, 0) is 43.4 Å². The second-order valence-electron chi connectivity index (χ2n) is 8.92. The van der Waals surface area contributed by atoms with E-state index in [0.29, 0.717) is 18.6 Å². The summed E-state index contributed by atoms with van der Waals surface area (Å²) in [6, 6.07) is 21.2. The molecule has 0 radical (unpaired) electrons. The van der Waals surface area contributed by atoms with Crippen LogP contribution in [0.4, 0.5) is 4.79 Å². The van der Waals surface area contributed by atoms with Crippen LogP contribution in [-0.2, 0) is 11.3 Å². The maximum Gasteiger partial charge on any atom is 0.410 e. The number of nitrogens with zero attached hydrogens (tertiary/aromatic N) is 3. The summed E-state index contributed by atoms with van der Waals surface area (Å²) in [5.41, 5.74) is 2.44. The van der Waals surface area contributed by atoms with E-state index in [1.54, 1.807) is 0 Å². The van der Waals surface area contributed by atoms with E-state index in [0.717, 1.165) is 44.8 Å². The zero-order valence-electron chi connectivity index (χ0n) is 18.7. The normalized spacial score (nSPS) is 21.6. The number of carbonyl (C=O) groups is 1. The third-order valence-corrected chi connectivity index (χ3v) is 6.73. The fourth-order valence-corrected chi connectivity index (χ4v) is 4.83. The smallest absolute Gasteiger partial charge is 0.410 e. The number of piperazine rings is 1. The molecule has 2 saturated heterocycles. The van der Waals surface area contributed by atoms with Gasteiger partial charge in [0.1, 0.15) is 6.61 Å². The Balaban J connectivity index is 1.20. The summed E-state index contributed by atoms with van der Waals surface area (Å²) in [6.07, 6.45) is 2.38. The van der Waals surface area contributed by atoms with E-state index in [1.807, 2.05) is 35.2 Å². The zero-order chi connectivity index (χ0) is 21.5. The van der Waals surface area contributed by atoms with Crippen molar-refractivity contribution in [2.45, 2.75) is 32.4 Å². The molecule has 2 aromatic rings. The van der Waals surface area contributed by atoms with Crippen LogP contribution in [0.3, 0.4) is 0 Å². The number of carbonyl (C=O) groups excluding carboxylic acids is 1. The van der Waals surface area contributed by atoms with E-state index in [4.69, 9.17) is 4.74 Å². The van der Waals surface area contributed by atoms with Crippen molar-refractivity contribution in [3.63, 3.8) is 0 Å². The summed E-state index contributed by atoms with van der Waals surface area (Å²) in [5.74, 6) is 0.705. The molecule has 2 aromatic carbocycles. The van der Waals surface area contributed by atoms with Gasteiger partial charge in [0.15, 0.2) is 0 Å². The van der Waals surface area contributed by atoms with Gasteiger partial charge in [0.2, 0.25) is 0 Å². The van der Waals surface area contributed by atoms with E-state index in [9.17, 15) is 4.79 Å². The highest BCUT2D eigenvalue weighted by atomic mass is 16.6. The van der Waals surface area contributed by atoms with E-state index in [1.165, 1.54) is 24.9 Å². The number of hydrogen-bond donors (Lipinski definition) is 0. The van der Waals surface area contributed by atoms with Crippen molar-refractivity contribution in [3.8, 4) is 0 Å². The molecular weight excluding hydrogens is 386 g/mol. The zero-order valence-corrected chi connectivity index (χ0v) is 18.7. The number of benzene rings is 2. The first kappa shape index (κ1) is 21.8. The minimum absolute atomic E-state index is 0.191. The molecule has 1 unspecified atom stereocenters. The predicted molar refractivity (Wildman–Crippen MR) is 124 cm³/mol. The molecule has 2 atom stereocenters. The van der Waals surface area contributed by atoms with Gasteiger partial charge in [-0.15, -0.1) is 0 Å². The monoisotopic (exact) mass is 421 g/mol. The minimum atomic E-state index is -0.191. The Labute approximate surface area is 186 Å². The molecule has 2 fully saturated rings. The molecule has 2 heterocycles. The van der Waals surface area contributed by atoms with Crippen LogP contribution in [0.15, 0.2) is 60.7 Å². The van der Waals surface area contributed by atoms with E-state index >= 15 is 0 Å². The molecule has 1 amide bonds. The van der Waals surface area contributed by atoms with Crippen LogP contribution in [0.1, 0.15) is 36.9 Å². The Hall–Kier alpha value is -2.37. The topological polar surface area (TPSA) is 36.0 Å². The van der Waals surface area contributed by atoms with Crippen molar-refractivity contribution in [2.75, 3.05) is 45.8 Å². The van der Waals surface area contributed by atoms with E-state index in [2.05, 4.69) is 47.1 Å². The van der Waals surface area contributed by atoms with Crippen LogP contribution in [0.2, 0.25) is 0 Å². The van der Waals surface area contributed by atoms with Crippen molar-refractivity contribution in [3.05, 3.63) is 71.8 Å². The number of hydrogen-bond acceptors (Lipinski definition) is 4. The van der Waals surface area contributed by atoms with Gasteiger partial charge in [0.05, 0.1) is 0 Å². The van der Waals surface area contributed by atoms with Crippen molar-refractivity contribution < 1.29 is 9.53 Å². The van der Waals surface area contributed by atoms with Crippen LogP contribution in [0.25, 0.3) is 0 Å². The second kappa shape index (κ2) is 10.8. The summed E-state index contributed by atoms with van der Waals surface area (Å²) >= 11 is 0. The lowest BCUT2D eigenvalue weighted by atomic mass is 9.94. The molecule has 0 saturated carbocycles. The Morgan fingerprint density at radius 2 is 1.65 bits per heavy atom. The Kier molecular flexibility index (Phi) is 7.60. The first-order chi connectivity index (χ1) is 15.2. The van der Waals surface area contributed by atoms with Gasteiger partial charge >= 0.3 is 6.09 Å². The summed E-state index contributed by atoms with van der Waals surface area (Å²) in [7, 11) is 0. The lowest BCUT2D eigenvalue weighted by molar-refractivity contribution is 0.0569. The molecule has 166 valence electrons. The molecule has 0 aromatic heterocycles. The predicted octanol–water partition coefficient (Wildman–Crippen LogP) is 4.41. The summed E-state index contributed by atoms with van der Waals surface area (Å²) < 4.78 is 5.50. The van der Waals surface area contributed by atoms with Crippen LogP contribution >= 0.6 is 0 Å². The molecule has 4 rings (SSSR count). The van der Waals surface area contributed by atoms with Gasteiger partial charge < -0.3 is 9.64 Å². The molecule has 2 aliphatic heterocycles. The van der Waals surface area contributed by atoms with Gasteiger partial charge in [-0.2, -0.15) is 0 Å². The Morgan fingerprint density at radius 1 is 0.968 bits per heavy atom. The van der Waals surface area contributed by atoms with Gasteiger partial charge in [0.25, 0.3) is 0 Å². The number of piperidine rings is 1. The molecule has 0 spiro atoms. The van der Waals surface area contributed by atoms with Crippen molar-refractivity contribution >= 4 is 6.09 Å². The molecule has 0 N–H and O–H groups in total. The first-order valence-electron chi connectivity index (χ1n) is 11.7. The first-order valence-corrected chi connectivity index (χ1v) is 11.7. The number of rotatable bonds is 6. The summed E-state index contributed by atoms with van der Waals surface area (Å²) in [5, 5.41) is 0. The quantitative estimate of drug-likeness (QED) is 0.692. The molecule has 2 aliphatic rings. The average Bonchev–Trinajstić information content (AvgIpc) is 2.84. The van der Waals surface area contributed by atoms with Crippen molar-refractivity contribution in [1.82, 2.24) is 14.7 Å². The van der Waals surface area contributed by atoms with Crippen LogP contribution < -0.4 is 0 Å². The Morgan fingerprint density at radius 3 is 2.35 bits per heavy atom. The van der Waals surface area contributed by atoms with Gasteiger partial charge in [-0.25, -0.2) is 4.79 Å². The van der Waals surface area contributed by atoms with Gasteiger partial charge in [0, 0.05) is 45.3 Å². The van der Waals surface area contributed by atoms with Gasteiger partial charge in [-0.1, -0.05) is 60.7 Å². The summed E-state index contributed by atoms with van der Waals surface area (Å²) in [6.45, 7) is 9.54. The van der Waals surface area contributed by atoms with E-state index < -0.39 is 0 Å². The lowest BCUT2D eigenvalue weighted by Gasteiger charge is -2.40. The molecule has 0 bridgehead atoms. The highest BCUT2D eigenvalue weighted by Crippen LogP contribution is 2.27. The molecule has 31 heavy (non-hydrogen) atoms. The minimum Gasteiger partial charge on any atom is -0.445 e. The molecule has 0 aliphatic carbocycles. The Bertz CT molecular complexity index is 806. The highest BCUT2D eigenvalue weighted by Gasteiger charge is 2.28. The standard InChI is InChI=1S/C26H35N3O2/c1-22(25-12-6-3-7-13-25)29-14-8-11-24(20-29)19-27-15-17-28(18-16-27)26(30)31-21-23-9-4-2-5-10-23/h2-7,9-10,12-13,22,24H,8,11,14-21H2,1H3/t22-,24?/m1/s1. The molecular formula is C26H35N3O2. The number of amides is 1.